The Morgan fingerprint density at radius 2 is 1.21 bits per heavy atom. The van der Waals surface area contributed by atoms with Crippen molar-refractivity contribution in [1.82, 2.24) is 0 Å². The van der Waals surface area contributed by atoms with Gasteiger partial charge in [-0.05, 0) is 41.7 Å². The molecular formula is C43H44Cl2SiZr. The molecule has 0 bridgehead atoms. The molecule has 0 aliphatic heterocycles. The van der Waals surface area contributed by atoms with Crippen LogP contribution in [-0.4, -0.2) is 9.52 Å². The molecule has 0 N–H and O–H groups in total. The van der Waals surface area contributed by atoms with E-state index >= 15 is 0 Å². The Kier molecular flexibility index (Phi) is 13.9. The van der Waals surface area contributed by atoms with Gasteiger partial charge in [-0.1, -0.05) is 136 Å². The van der Waals surface area contributed by atoms with E-state index in [1.807, 2.05) is 0 Å². The molecule has 0 aromatic heterocycles. The maximum absolute atomic E-state index is 4.93. The van der Waals surface area contributed by atoms with Crippen molar-refractivity contribution in [1.29, 1.82) is 0 Å². The SMILES string of the molecule is CC(C)c1cc2c(-c3cccc4ccccc34)cccc2[cH-]1.C[Si]C.Cc1cc(C)cc(-c2ccc(C)c3[cH-]c(C)cc23)c1.[Cl][Zr+2][Cl]. The molecule has 2 radical (unpaired) electrons. The molecule has 0 fully saturated rings. The van der Waals surface area contributed by atoms with E-state index in [2.05, 4.69) is 170 Å². The molecule has 0 amide bonds. The van der Waals surface area contributed by atoms with Crippen molar-refractivity contribution < 1.29 is 20.8 Å². The predicted octanol–water partition coefficient (Wildman–Crippen LogP) is 14.1. The fraction of sp³-hybridized carbons (Fsp3) is 0.209. The molecule has 0 atom stereocenters. The van der Waals surface area contributed by atoms with E-state index < -0.39 is 20.8 Å². The molecule has 238 valence electrons. The number of halogens is 2. The zero-order chi connectivity index (χ0) is 34.1. The molecule has 7 aromatic rings. The molecule has 0 heterocycles. The Bertz CT molecular complexity index is 2040. The number of hydrogen-bond donors (Lipinski definition) is 0. The van der Waals surface area contributed by atoms with E-state index in [4.69, 9.17) is 17.0 Å². The Morgan fingerprint density at radius 3 is 1.87 bits per heavy atom. The van der Waals surface area contributed by atoms with Crippen molar-refractivity contribution in [3.8, 4) is 22.3 Å². The van der Waals surface area contributed by atoms with Gasteiger partial charge in [-0.3, -0.25) is 0 Å². The molecule has 0 nitrogen and oxygen atoms in total. The van der Waals surface area contributed by atoms with Crippen LogP contribution in [0.4, 0.5) is 0 Å². The summed E-state index contributed by atoms with van der Waals surface area (Å²) in [5, 5.41) is 8.09. The van der Waals surface area contributed by atoms with Crippen molar-refractivity contribution in [2.45, 2.75) is 60.6 Å². The first kappa shape index (κ1) is 37.1. The number of hydrogen-bond acceptors (Lipinski definition) is 0. The fourth-order valence-corrected chi connectivity index (χ4v) is 6.26. The topological polar surface area (TPSA) is 0 Å². The van der Waals surface area contributed by atoms with Crippen molar-refractivity contribution in [3.05, 3.63) is 143 Å². The Hall–Kier alpha value is -2.74. The Morgan fingerprint density at radius 1 is 0.617 bits per heavy atom. The molecular weight excluding hydrogens is 707 g/mol. The van der Waals surface area contributed by atoms with Crippen molar-refractivity contribution >= 4 is 58.9 Å². The summed E-state index contributed by atoms with van der Waals surface area (Å²) >= 11 is -0.826. The van der Waals surface area contributed by atoms with Gasteiger partial charge in [0, 0.05) is 9.52 Å². The first-order chi connectivity index (χ1) is 22.6. The molecule has 0 saturated heterocycles. The van der Waals surface area contributed by atoms with Crippen LogP contribution >= 0.6 is 17.0 Å². The second-order valence-corrected chi connectivity index (χ2v) is 17.2. The average molecular weight is 751 g/mol. The number of fused-ring (bicyclic) bond motifs is 3. The molecule has 0 aliphatic carbocycles. The molecule has 0 spiro atoms. The quantitative estimate of drug-likeness (QED) is 0.125. The standard InChI is InChI=1S/C22H19.C19H19.C2H6Si.2ClH.Zr/c1-15(2)18-13-17-9-6-12-21(22(17)14-18)20-11-5-8-16-7-3-4-10-19(16)20;1-12-7-13(2)9-16(8-12)17-6-5-15(4)18-10-14(3)11-19(17)18;1-3-2;;;/h3-15H,1-2H3;5-11H,1-4H3;1-2H3;2*1H;/q2*-1;;;;+4/p-2. The van der Waals surface area contributed by atoms with Gasteiger partial charge in [0.05, 0.1) is 0 Å². The van der Waals surface area contributed by atoms with Gasteiger partial charge in [0.2, 0.25) is 0 Å². The predicted molar refractivity (Wildman–Crippen MR) is 210 cm³/mol. The van der Waals surface area contributed by atoms with Gasteiger partial charge in [0.1, 0.15) is 0 Å². The molecule has 0 saturated carbocycles. The van der Waals surface area contributed by atoms with E-state index in [1.54, 1.807) is 0 Å². The summed E-state index contributed by atoms with van der Waals surface area (Å²) < 4.78 is 0. The van der Waals surface area contributed by atoms with E-state index in [-0.39, 0.29) is 0 Å². The van der Waals surface area contributed by atoms with Crippen LogP contribution in [0.15, 0.2) is 115 Å². The summed E-state index contributed by atoms with van der Waals surface area (Å²) in [6, 6.07) is 42.4. The summed E-state index contributed by atoms with van der Waals surface area (Å²) in [5.41, 5.74) is 12.1. The number of benzene rings is 5. The van der Waals surface area contributed by atoms with E-state index in [9.17, 15) is 0 Å². The van der Waals surface area contributed by atoms with Crippen LogP contribution in [0, 0.1) is 27.7 Å². The summed E-state index contributed by atoms with van der Waals surface area (Å²) in [6.07, 6.45) is 0. The first-order valence-electron chi connectivity index (χ1n) is 16.1. The van der Waals surface area contributed by atoms with Crippen molar-refractivity contribution in [2.75, 3.05) is 0 Å². The fourth-order valence-electron chi connectivity index (χ4n) is 6.26. The molecule has 4 heteroatoms. The normalized spacial score (nSPS) is 10.5. The van der Waals surface area contributed by atoms with Gasteiger partial charge in [0.15, 0.2) is 0 Å². The third kappa shape index (κ3) is 9.24. The minimum absolute atomic E-state index is 0.563. The van der Waals surface area contributed by atoms with Gasteiger partial charge >= 0.3 is 37.9 Å². The van der Waals surface area contributed by atoms with Gasteiger partial charge < -0.3 is 0 Å². The zero-order valence-corrected chi connectivity index (χ0v) is 33.8. The van der Waals surface area contributed by atoms with Gasteiger partial charge in [-0.15, -0.1) is 68.6 Å². The minimum atomic E-state index is -0.826. The van der Waals surface area contributed by atoms with Crippen LogP contribution in [0.2, 0.25) is 13.1 Å². The van der Waals surface area contributed by atoms with Crippen LogP contribution in [0.1, 0.15) is 47.6 Å². The van der Waals surface area contributed by atoms with Crippen LogP contribution in [0.25, 0.3) is 54.6 Å². The number of rotatable bonds is 3. The van der Waals surface area contributed by atoms with Crippen LogP contribution < -0.4 is 0 Å². The summed E-state index contributed by atoms with van der Waals surface area (Å²) in [6.45, 7) is 17.5. The van der Waals surface area contributed by atoms with Gasteiger partial charge in [0.25, 0.3) is 0 Å². The molecule has 0 unspecified atom stereocenters. The van der Waals surface area contributed by atoms with Crippen LogP contribution in [-0.2, 0) is 20.8 Å². The van der Waals surface area contributed by atoms with Gasteiger partial charge in [-0.2, -0.15) is 12.1 Å². The third-order valence-electron chi connectivity index (χ3n) is 8.30. The maximum atomic E-state index is 4.93. The van der Waals surface area contributed by atoms with Crippen molar-refractivity contribution in [3.63, 3.8) is 0 Å². The monoisotopic (exact) mass is 748 g/mol. The molecule has 47 heavy (non-hydrogen) atoms. The van der Waals surface area contributed by atoms with Crippen LogP contribution in [0.3, 0.4) is 0 Å². The average Bonchev–Trinajstić information content (AvgIpc) is 3.66. The molecule has 7 aromatic carbocycles. The molecule has 0 aliphatic rings. The summed E-state index contributed by atoms with van der Waals surface area (Å²) in [7, 11) is 11.0. The second-order valence-electron chi connectivity index (χ2n) is 12.5. The van der Waals surface area contributed by atoms with Crippen molar-refractivity contribution in [2.24, 2.45) is 0 Å². The van der Waals surface area contributed by atoms with Gasteiger partial charge in [-0.25, -0.2) is 0 Å². The van der Waals surface area contributed by atoms with Crippen LogP contribution in [0.5, 0.6) is 0 Å². The summed E-state index contributed by atoms with van der Waals surface area (Å²) in [4.78, 5) is 0. The number of aryl methyl sites for hydroxylation is 4. The van der Waals surface area contributed by atoms with E-state index in [1.165, 1.54) is 82.4 Å². The Labute approximate surface area is 303 Å². The molecule has 7 rings (SSSR count). The first-order valence-corrected chi connectivity index (χ1v) is 24.4. The second kappa shape index (κ2) is 17.6. The summed E-state index contributed by atoms with van der Waals surface area (Å²) in [5.74, 6) is 0.563. The van der Waals surface area contributed by atoms with E-state index in [0.717, 1.165) is 9.52 Å². The third-order valence-corrected chi connectivity index (χ3v) is 8.30. The Balaban J connectivity index is 0.000000184. The zero-order valence-electron chi connectivity index (χ0n) is 28.8. The van der Waals surface area contributed by atoms with E-state index in [0.29, 0.717) is 5.92 Å².